The number of fused-ring (bicyclic) bond motifs is 3. The molecule has 0 atom stereocenters. The van der Waals surface area contributed by atoms with Crippen molar-refractivity contribution in [2.45, 2.75) is 13.5 Å². The molecule has 2 aromatic heterocycles. The van der Waals surface area contributed by atoms with Crippen LogP contribution in [-0.4, -0.2) is 15.5 Å². The van der Waals surface area contributed by atoms with Crippen LogP contribution in [0.1, 0.15) is 5.82 Å². The van der Waals surface area contributed by atoms with Crippen molar-refractivity contribution >= 4 is 43.2 Å². The number of carbonyl (C=O) groups is 1. The zero-order chi connectivity index (χ0) is 19.1. The van der Waals surface area contributed by atoms with Crippen molar-refractivity contribution in [3.05, 3.63) is 70.3 Å². The van der Waals surface area contributed by atoms with Gasteiger partial charge in [0, 0.05) is 16.2 Å². The van der Waals surface area contributed by atoms with E-state index in [0.29, 0.717) is 22.1 Å². The second-order valence-electron chi connectivity index (χ2n) is 6.00. The number of aromatic nitrogens is 2. The molecule has 27 heavy (non-hydrogen) atoms. The Morgan fingerprint density at radius 3 is 2.78 bits per heavy atom. The first-order valence-corrected chi connectivity index (χ1v) is 8.89. The van der Waals surface area contributed by atoms with Crippen LogP contribution in [0.15, 0.2) is 47.3 Å². The predicted molar refractivity (Wildman–Crippen MR) is 101 cm³/mol. The van der Waals surface area contributed by atoms with E-state index < -0.39 is 17.5 Å². The topological polar surface area (TPSA) is 64.0 Å². The molecule has 0 radical (unpaired) electrons. The minimum Gasteiger partial charge on any atom is -0.322 e. The molecule has 4 aromatic rings. The van der Waals surface area contributed by atoms with Gasteiger partial charge in [-0.3, -0.25) is 14.2 Å². The number of nitrogens with zero attached hydrogens (tertiary/aromatic N) is 2. The monoisotopic (exact) mass is 385 g/mol. The Bertz CT molecular complexity index is 1260. The summed E-state index contributed by atoms with van der Waals surface area (Å²) in [6.07, 6.45) is 0. The van der Waals surface area contributed by atoms with Gasteiger partial charge in [0.25, 0.3) is 5.56 Å². The molecule has 5 nitrogen and oxygen atoms in total. The lowest BCUT2D eigenvalue weighted by molar-refractivity contribution is -0.116. The number of anilines is 1. The number of amides is 1. The summed E-state index contributed by atoms with van der Waals surface area (Å²) in [6.45, 7) is 1.32. The van der Waals surface area contributed by atoms with E-state index >= 15 is 0 Å². The lowest BCUT2D eigenvalue weighted by Crippen LogP contribution is -2.30. The Morgan fingerprint density at radius 2 is 2.00 bits per heavy atom. The number of benzene rings is 2. The maximum Gasteiger partial charge on any atom is 0.272 e. The van der Waals surface area contributed by atoms with Crippen LogP contribution in [0.4, 0.5) is 14.5 Å². The SMILES string of the molecule is Cc1nc2c(sc3ccccc32)c(=O)n1CC(=O)Nc1ccc(F)cc1F. The summed E-state index contributed by atoms with van der Waals surface area (Å²) in [6, 6.07) is 10.4. The van der Waals surface area contributed by atoms with Gasteiger partial charge in [-0.1, -0.05) is 18.2 Å². The molecule has 136 valence electrons. The van der Waals surface area contributed by atoms with E-state index in [4.69, 9.17) is 0 Å². The molecule has 0 fully saturated rings. The Morgan fingerprint density at radius 1 is 1.22 bits per heavy atom. The number of halogens is 2. The van der Waals surface area contributed by atoms with Crippen LogP contribution in [-0.2, 0) is 11.3 Å². The fraction of sp³-hybridized carbons (Fsp3) is 0.105. The van der Waals surface area contributed by atoms with E-state index in [1.807, 2.05) is 24.3 Å². The van der Waals surface area contributed by atoms with E-state index in [-0.39, 0.29) is 17.8 Å². The van der Waals surface area contributed by atoms with Gasteiger partial charge in [0.2, 0.25) is 5.91 Å². The molecule has 0 unspecified atom stereocenters. The number of hydrogen-bond donors (Lipinski definition) is 1. The van der Waals surface area contributed by atoms with Gasteiger partial charge in [0.15, 0.2) is 0 Å². The molecule has 0 aliphatic rings. The molecule has 0 saturated heterocycles. The van der Waals surface area contributed by atoms with Crippen LogP contribution in [0.2, 0.25) is 0 Å². The van der Waals surface area contributed by atoms with E-state index in [9.17, 15) is 18.4 Å². The van der Waals surface area contributed by atoms with Crippen LogP contribution in [0.5, 0.6) is 0 Å². The predicted octanol–water partition coefficient (Wildman–Crippen LogP) is 3.84. The summed E-state index contributed by atoms with van der Waals surface area (Å²) in [7, 11) is 0. The fourth-order valence-electron chi connectivity index (χ4n) is 2.89. The number of rotatable bonds is 3. The van der Waals surface area contributed by atoms with Gasteiger partial charge in [0.1, 0.15) is 28.7 Å². The van der Waals surface area contributed by atoms with Crippen molar-refractivity contribution in [1.82, 2.24) is 9.55 Å². The summed E-state index contributed by atoms with van der Waals surface area (Å²) in [5.74, 6) is -1.85. The minimum atomic E-state index is -0.884. The third-order valence-corrected chi connectivity index (χ3v) is 5.33. The summed E-state index contributed by atoms with van der Waals surface area (Å²) >= 11 is 1.32. The molecule has 0 bridgehead atoms. The maximum absolute atomic E-state index is 13.7. The molecule has 0 spiro atoms. The average molecular weight is 385 g/mol. The molecular weight excluding hydrogens is 372 g/mol. The lowest BCUT2D eigenvalue weighted by atomic mass is 10.2. The Kier molecular flexibility index (Phi) is 4.19. The van der Waals surface area contributed by atoms with Crippen molar-refractivity contribution in [1.29, 1.82) is 0 Å². The highest BCUT2D eigenvalue weighted by molar-refractivity contribution is 7.25. The molecule has 0 aliphatic heterocycles. The van der Waals surface area contributed by atoms with Gasteiger partial charge < -0.3 is 5.32 Å². The van der Waals surface area contributed by atoms with Crippen molar-refractivity contribution in [2.24, 2.45) is 0 Å². The number of carbonyl (C=O) groups excluding carboxylic acids is 1. The standard InChI is InChI=1S/C19H13F2N3O2S/c1-10-22-17-12-4-2-3-5-15(12)27-18(17)19(26)24(10)9-16(25)23-14-7-6-11(20)8-13(14)21/h2-8H,9H2,1H3,(H,23,25). The van der Waals surface area contributed by atoms with Gasteiger partial charge in [-0.2, -0.15) is 0 Å². The highest BCUT2D eigenvalue weighted by Crippen LogP contribution is 2.30. The van der Waals surface area contributed by atoms with Crippen molar-refractivity contribution in [3.8, 4) is 0 Å². The number of nitrogens with one attached hydrogen (secondary N) is 1. The molecule has 1 N–H and O–H groups in total. The lowest BCUT2D eigenvalue weighted by Gasteiger charge is -2.10. The van der Waals surface area contributed by atoms with Crippen LogP contribution in [0.3, 0.4) is 0 Å². The highest BCUT2D eigenvalue weighted by Gasteiger charge is 2.16. The number of aryl methyl sites for hydroxylation is 1. The molecule has 4 rings (SSSR count). The van der Waals surface area contributed by atoms with E-state index in [0.717, 1.165) is 22.2 Å². The number of thiophene rings is 1. The van der Waals surface area contributed by atoms with Gasteiger partial charge in [0.05, 0.1) is 11.2 Å². The first-order chi connectivity index (χ1) is 12.9. The zero-order valence-corrected chi connectivity index (χ0v) is 14.9. The average Bonchev–Trinajstić information content (AvgIpc) is 3.00. The normalized spacial score (nSPS) is 11.2. The molecule has 8 heteroatoms. The van der Waals surface area contributed by atoms with Gasteiger partial charge in [-0.25, -0.2) is 13.8 Å². The van der Waals surface area contributed by atoms with Gasteiger partial charge >= 0.3 is 0 Å². The highest BCUT2D eigenvalue weighted by atomic mass is 32.1. The summed E-state index contributed by atoms with van der Waals surface area (Å²) < 4.78 is 29.3. The third-order valence-electron chi connectivity index (χ3n) is 4.18. The van der Waals surface area contributed by atoms with Crippen LogP contribution in [0, 0.1) is 18.6 Å². The van der Waals surface area contributed by atoms with Gasteiger partial charge in [-0.05, 0) is 25.1 Å². The third kappa shape index (κ3) is 3.08. The molecule has 0 aliphatic carbocycles. The second-order valence-corrected chi connectivity index (χ2v) is 7.05. The Balaban J connectivity index is 1.70. The molecule has 2 heterocycles. The van der Waals surface area contributed by atoms with Crippen molar-refractivity contribution in [2.75, 3.05) is 5.32 Å². The smallest absolute Gasteiger partial charge is 0.272 e. The Hall–Kier alpha value is -3.13. The summed E-state index contributed by atoms with van der Waals surface area (Å²) in [5.41, 5.74) is 0.135. The van der Waals surface area contributed by atoms with Gasteiger partial charge in [-0.15, -0.1) is 11.3 Å². The van der Waals surface area contributed by atoms with Crippen LogP contribution < -0.4 is 10.9 Å². The van der Waals surface area contributed by atoms with E-state index in [1.54, 1.807) is 6.92 Å². The first kappa shape index (κ1) is 17.3. The first-order valence-electron chi connectivity index (χ1n) is 8.07. The summed E-state index contributed by atoms with van der Waals surface area (Å²) in [5, 5.41) is 3.24. The molecule has 2 aromatic carbocycles. The molecule has 0 saturated carbocycles. The quantitative estimate of drug-likeness (QED) is 0.583. The maximum atomic E-state index is 13.7. The zero-order valence-electron chi connectivity index (χ0n) is 14.1. The number of hydrogen-bond acceptors (Lipinski definition) is 4. The molecular formula is C19H13F2N3O2S. The van der Waals surface area contributed by atoms with Crippen LogP contribution >= 0.6 is 11.3 Å². The molecule has 1 amide bonds. The fourth-order valence-corrected chi connectivity index (χ4v) is 3.98. The summed E-state index contributed by atoms with van der Waals surface area (Å²) in [4.78, 5) is 29.6. The van der Waals surface area contributed by atoms with Crippen molar-refractivity contribution < 1.29 is 13.6 Å². The van der Waals surface area contributed by atoms with E-state index in [1.165, 1.54) is 15.9 Å². The largest absolute Gasteiger partial charge is 0.322 e. The van der Waals surface area contributed by atoms with E-state index in [2.05, 4.69) is 10.3 Å². The minimum absolute atomic E-state index is 0.150. The van der Waals surface area contributed by atoms with Crippen LogP contribution in [0.25, 0.3) is 20.3 Å². The second kappa shape index (κ2) is 6.55. The van der Waals surface area contributed by atoms with Crippen molar-refractivity contribution in [3.63, 3.8) is 0 Å². The Labute approximate surface area is 155 Å².